The first-order chi connectivity index (χ1) is 14.5. The number of benzene rings is 1. The molecule has 2 aromatic rings. The summed E-state index contributed by atoms with van der Waals surface area (Å²) in [6.07, 6.45) is 2.44. The van der Waals surface area contributed by atoms with Crippen LogP contribution in [0.25, 0.3) is 0 Å². The number of rotatable bonds is 10. The van der Waals surface area contributed by atoms with Crippen molar-refractivity contribution in [3.05, 3.63) is 59.9 Å². The van der Waals surface area contributed by atoms with Crippen LogP contribution in [0, 0.1) is 6.92 Å². The minimum Gasteiger partial charge on any atom is -0.489 e. The van der Waals surface area contributed by atoms with Crippen LogP contribution in [0.5, 0.6) is 5.75 Å². The molecule has 0 fully saturated rings. The fourth-order valence-electron chi connectivity index (χ4n) is 2.75. The Bertz CT molecular complexity index is 817. The number of hydrogen-bond acceptors (Lipinski definition) is 4. The largest absolute Gasteiger partial charge is 0.489 e. The van der Waals surface area contributed by atoms with Crippen molar-refractivity contribution in [2.24, 2.45) is 4.99 Å². The average molecular weight is 539 g/mol. The van der Waals surface area contributed by atoms with Gasteiger partial charge in [0.05, 0.1) is 6.54 Å². The number of aryl methyl sites for hydroxylation is 1. The van der Waals surface area contributed by atoms with Crippen LogP contribution in [0.1, 0.15) is 25.1 Å². The number of aliphatic imine (C=N–C) groups is 1. The number of halogens is 1. The number of amides is 1. The van der Waals surface area contributed by atoms with E-state index in [0.717, 1.165) is 23.4 Å². The molecule has 0 aliphatic carbocycles. The summed E-state index contributed by atoms with van der Waals surface area (Å²) in [4.78, 5) is 22.8. The Balaban J connectivity index is 0.00000480. The molecule has 0 aliphatic heterocycles. The molecule has 0 aliphatic rings. The van der Waals surface area contributed by atoms with Gasteiger partial charge in [0.2, 0.25) is 5.91 Å². The van der Waals surface area contributed by atoms with E-state index < -0.39 is 0 Å². The average Bonchev–Trinajstić information content (AvgIpc) is 2.76. The second-order valence-electron chi connectivity index (χ2n) is 7.16. The fourth-order valence-corrected chi connectivity index (χ4v) is 2.75. The number of nitrogens with one attached hydrogen (secondary N) is 2. The quantitative estimate of drug-likeness (QED) is 0.276. The molecule has 0 spiro atoms. The molecule has 2 rings (SSSR count). The maximum atomic E-state index is 12.4. The summed E-state index contributed by atoms with van der Waals surface area (Å²) in [6, 6.07) is 13.7. The van der Waals surface area contributed by atoms with Gasteiger partial charge < -0.3 is 20.3 Å². The fraction of sp³-hybridized carbons (Fsp3) is 0.435. The highest BCUT2D eigenvalue weighted by molar-refractivity contribution is 14.0. The summed E-state index contributed by atoms with van der Waals surface area (Å²) in [6.45, 7) is 7.99. The minimum atomic E-state index is -0.0493. The van der Waals surface area contributed by atoms with E-state index in [-0.39, 0.29) is 42.5 Å². The van der Waals surface area contributed by atoms with Crippen molar-refractivity contribution in [3.63, 3.8) is 0 Å². The molecule has 1 heterocycles. The van der Waals surface area contributed by atoms with E-state index in [9.17, 15) is 4.79 Å². The van der Waals surface area contributed by atoms with Crippen LogP contribution in [0.4, 0.5) is 0 Å². The second kappa shape index (κ2) is 14.6. The Morgan fingerprint density at radius 3 is 2.61 bits per heavy atom. The zero-order valence-corrected chi connectivity index (χ0v) is 21.1. The molecule has 1 unspecified atom stereocenters. The van der Waals surface area contributed by atoms with Crippen LogP contribution in [0.2, 0.25) is 0 Å². The Morgan fingerprint density at radius 1 is 1.19 bits per heavy atom. The summed E-state index contributed by atoms with van der Waals surface area (Å²) in [5, 5.41) is 6.41. The van der Waals surface area contributed by atoms with Crippen LogP contribution in [0.15, 0.2) is 53.7 Å². The molecule has 0 bridgehead atoms. The number of carbonyl (C=O) groups excluding carboxylic acids is 1. The molecule has 1 atom stereocenters. The third kappa shape index (κ3) is 9.99. The number of para-hydroxylation sites is 1. The molecule has 170 valence electrons. The first kappa shape index (κ1) is 26.7. The lowest BCUT2D eigenvalue weighted by Gasteiger charge is -2.19. The van der Waals surface area contributed by atoms with Gasteiger partial charge in [-0.3, -0.25) is 9.78 Å². The lowest BCUT2D eigenvalue weighted by Crippen LogP contribution is -2.42. The maximum Gasteiger partial charge on any atom is 0.244 e. The Labute approximate surface area is 202 Å². The van der Waals surface area contributed by atoms with Crippen LogP contribution < -0.4 is 15.4 Å². The lowest BCUT2D eigenvalue weighted by atomic mass is 10.2. The van der Waals surface area contributed by atoms with Crippen molar-refractivity contribution in [2.45, 2.75) is 33.3 Å². The van der Waals surface area contributed by atoms with Crippen molar-refractivity contribution in [2.75, 3.05) is 33.2 Å². The lowest BCUT2D eigenvalue weighted by molar-refractivity contribution is -0.128. The van der Waals surface area contributed by atoms with Crippen LogP contribution >= 0.6 is 24.0 Å². The van der Waals surface area contributed by atoms with Crippen molar-refractivity contribution < 1.29 is 9.53 Å². The van der Waals surface area contributed by atoms with E-state index in [0.29, 0.717) is 25.6 Å². The highest BCUT2D eigenvalue weighted by Crippen LogP contribution is 2.17. The number of aromatic nitrogens is 1. The summed E-state index contributed by atoms with van der Waals surface area (Å²) in [7, 11) is 1.79. The van der Waals surface area contributed by atoms with Gasteiger partial charge in [0.15, 0.2) is 5.96 Å². The summed E-state index contributed by atoms with van der Waals surface area (Å²) >= 11 is 0. The maximum absolute atomic E-state index is 12.4. The van der Waals surface area contributed by atoms with E-state index in [1.165, 1.54) is 0 Å². The normalized spacial score (nSPS) is 11.8. The van der Waals surface area contributed by atoms with E-state index in [1.807, 2.05) is 63.2 Å². The monoisotopic (exact) mass is 539 g/mol. The second-order valence-corrected chi connectivity index (χ2v) is 7.16. The number of carbonyl (C=O) groups is 1. The molecule has 1 aromatic heterocycles. The first-order valence-electron chi connectivity index (χ1n) is 10.4. The van der Waals surface area contributed by atoms with Gasteiger partial charge in [-0.05, 0) is 44.5 Å². The van der Waals surface area contributed by atoms with Gasteiger partial charge in [-0.15, -0.1) is 24.0 Å². The van der Waals surface area contributed by atoms with Crippen LogP contribution in [-0.4, -0.2) is 61.1 Å². The Hall–Kier alpha value is -2.36. The van der Waals surface area contributed by atoms with Crippen molar-refractivity contribution in [3.8, 4) is 5.75 Å². The molecule has 0 saturated carbocycles. The standard InChI is InChI=1S/C23H33N5O2.HI/c1-5-24-23(26-16-19(3)30-21-12-7-6-10-18(21)2)27-17-22(29)28(4)15-13-20-11-8-9-14-25-20;/h6-12,14,19H,5,13,15-17H2,1-4H3,(H2,24,26,27);1H. The first-order valence-corrected chi connectivity index (χ1v) is 10.4. The number of hydrogen-bond donors (Lipinski definition) is 2. The highest BCUT2D eigenvalue weighted by atomic mass is 127. The van der Waals surface area contributed by atoms with Gasteiger partial charge in [-0.2, -0.15) is 0 Å². The van der Waals surface area contributed by atoms with Crippen molar-refractivity contribution >= 4 is 35.8 Å². The van der Waals surface area contributed by atoms with Crippen LogP contribution in [0.3, 0.4) is 0 Å². The summed E-state index contributed by atoms with van der Waals surface area (Å²) in [5.74, 6) is 1.44. The van der Waals surface area contributed by atoms with Gasteiger partial charge >= 0.3 is 0 Å². The Kier molecular flexibility index (Phi) is 12.6. The van der Waals surface area contributed by atoms with Crippen molar-refractivity contribution in [1.29, 1.82) is 0 Å². The number of pyridine rings is 1. The number of ether oxygens (including phenoxy) is 1. The molecular formula is C23H34IN5O2. The zero-order valence-electron chi connectivity index (χ0n) is 18.8. The van der Waals surface area contributed by atoms with Gasteiger partial charge in [0.25, 0.3) is 0 Å². The van der Waals surface area contributed by atoms with E-state index in [4.69, 9.17) is 4.74 Å². The SMILES string of the molecule is CCNC(=NCC(=O)N(C)CCc1ccccn1)NCC(C)Oc1ccccc1C.I. The zero-order chi connectivity index (χ0) is 21.8. The third-order valence-corrected chi connectivity index (χ3v) is 4.55. The van der Waals surface area contributed by atoms with Crippen molar-refractivity contribution in [1.82, 2.24) is 20.5 Å². The topological polar surface area (TPSA) is 78.9 Å². The summed E-state index contributed by atoms with van der Waals surface area (Å²) in [5.41, 5.74) is 2.07. The highest BCUT2D eigenvalue weighted by Gasteiger charge is 2.10. The molecule has 0 saturated heterocycles. The molecule has 8 heteroatoms. The number of likely N-dealkylation sites (N-methyl/N-ethyl adjacent to an activating group) is 1. The summed E-state index contributed by atoms with van der Waals surface area (Å²) < 4.78 is 5.99. The molecule has 0 radical (unpaired) electrons. The molecular weight excluding hydrogens is 505 g/mol. The molecule has 31 heavy (non-hydrogen) atoms. The minimum absolute atomic E-state index is 0. The molecule has 2 N–H and O–H groups in total. The number of nitrogens with zero attached hydrogens (tertiary/aromatic N) is 3. The van der Waals surface area contributed by atoms with E-state index in [2.05, 4.69) is 20.6 Å². The molecule has 1 aromatic carbocycles. The molecule has 1 amide bonds. The predicted octanol–water partition coefficient (Wildman–Crippen LogP) is 3.03. The van der Waals surface area contributed by atoms with Crippen LogP contribution in [-0.2, 0) is 11.2 Å². The van der Waals surface area contributed by atoms with Gasteiger partial charge in [-0.1, -0.05) is 24.3 Å². The van der Waals surface area contributed by atoms with E-state index >= 15 is 0 Å². The number of guanidine groups is 1. The van der Waals surface area contributed by atoms with Gasteiger partial charge in [-0.25, -0.2) is 4.99 Å². The van der Waals surface area contributed by atoms with Gasteiger partial charge in [0.1, 0.15) is 18.4 Å². The van der Waals surface area contributed by atoms with E-state index in [1.54, 1.807) is 18.1 Å². The molecule has 7 nitrogen and oxygen atoms in total. The van der Waals surface area contributed by atoms with Gasteiger partial charge in [0, 0.05) is 38.4 Å². The Morgan fingerprint density at radius 2 is 1.94 bits per heavy atom. The predicted molar refractivity (Wildman–Crippen MR) is 136 cm³/mol. The third-order valence-electron chi connectivity index (χ3n) is 4.55. The smallest absolute Gasteiger partial charge is 0.244 e.